The van der Waals surface area contributed by atoms with Crippen molar-refractivity contribution in [1.29, 1.82) is 0 Å². The van der Waals surface area contributed by atoms with Crippen molar-refractivity contribution in [2.75, 3.05) is 18.5 Å². The molecule has 2 atom stereocenters. The van der Waals surface area contributed by atoms with E-state index >= 15 is 0 Å². The van der Waals surface area contributed by atoms with Crippen molar-refractivity contribution in [1.82, 2.24) is 5.32 Å². The van der Waals surface area contributed by atoms with Crippen LogP contribution in [0.3, 0.4) is 0 Å². The number of rotatable bonds is 3. The molecule has 3 aliphatic heterocycles. The molecule has 2 aromatic carbocycles. The third-order valence-corrected chi connectivity index (χ3v) is 5.12. The van der Waals surface area contributed by atoms with Crippen LogP contribution in [0.1, 0.15) is 28.8 Å². The number of halogens is 1. The number of benzene rings is 2. The van der Waals surface area contributed by atoms with Gasteiger partial charge in [-0.2, -0.15) is 0 Å². The first kappa shape index (κ1) is 15.6. The Morgan fingerprint density at radius 3 is 2.71 bits per heavy atom. The van der Waals surface area contributed by atoms with Crippen molar-refractivity contribution in [3.05, 3.63) is 64.7 Å². The number of anilines is 1. The quantitative estimate of drug-likeness (QED) is 0.896. The van der Waals surface area contributed by atoms with Crippen molar-refractivity contribution in [2.45, 2.75) is 24.5 Å². The van der Waals surface area contributed by atoms with Gasteiger partial charge in [-0.25, -0.2) is 0 Å². The van der Waals surface area contributed by atoms with Crippen LogP contribution in [-0.2, 0) is 10.3 Å². The van der Waals surface area contributed by atoms with Gasteiger partial charge in [0.1, 0.15) is 5.60 Å². The highest BCUT2D eigenvalue weighted by molar-refractivity contribution is 6.31. The highest BCUT2D eigenvalue weighted by Gasteiger charge is 2.42. The number of morpholine rings is 1. The maximum Gasteiger partial charge on any atom is 0.255 e. The van der Waals surface area contributed by atoms with Crippen LogP contribution < -0.4 is 10.6 Å². The largest absolute Gasteiger partial charge is 0.367 e. The van der Waals surface area contributed by atoms with Gasteiger partial charge in [0.2, 0.25) is 0 Å². The van der Waals surface area contributed by atoms with Gasteiger partial charge in [0.25, 0.3) is 5.91 Å². The SMILES string of the molecule is O=C(Nc1ccc([C@@]23CC[C@@H](CO2)NC3)cc1)c1cccc(Cl)c1. The van der Waals surface area contributed by atoms with Crippen molar-refractivity contribution < 1.29 is 9.53 Å². The summed E-state index contributed by atoms with van der Waals surface area (Å²) in [7, 11) is 0. The van der Waals surface area contributed by atoms with Gasteiger partial charge in [-0.05, 0) is 48.7 Å². The number of hydrogen-bond donors (Lipinski definition) is 2. The number of nitrogens with one attached hydrogen (secondary N) is 2. The average molecular weight is 343 g/mol. The molecule has 124 valence electrons. The smallest absolute Gasteiger partial charge is 0.255 e. The summed E-state index contributed by atoms with van der Waals surface area (Å²) in [5.41, 5.74) is 2.25. The molecule has 3 saturated heterocycles. The number of fused-ring (bicyclic) bond motifs is 3. The first-order valence-corrected chi connectivity index (χ1v) is 8.57. The lowest BCUT2D eigenvalue weighted by Gasteiger charge is -2.47. The van der Waals surface area contributed by atoms with E-state index in [4.69, 9.17) is 16.3 Å². The molecule has 0 saturated carbocycles. The van der Waals surface area contributed by atoms with E-state index in [1.807, 2.05) is 24.3 Å². The van der Waals surface area contributed by atoms with E-state index in [9.17, 15) is 4.79 Å². The molecular formula is C19H19ClN2O2. The van der Waals surface area contributed by atoms with Crippen LogP contribution in [0.15, 0.2) is 48.5 Å². The second-order valence-corrected chi connectivity index (χ2v) is 6.90. The van der Waals surface area contributed by atoms with E-state index in [0.717, 1.165) is 37.2 Å². The molecule has 2 aromatic rings. The van der Waals surface area contributed by atoms with Crippen LogP contribution in [0.5, 0.6) is 0 Å². The summed E-state index contributed by atoms with van der Waals surface area (Å²) < 4.78 is 6.09. The third kappa shape index (κ3) is 2.93. The van der Waals surface area contributed by atoms with Gasteiger partial charge in [-0.1, -0.05) is 29.8 Å². The summed E-state index contributed by atoms with van der Waals surface area (Å²) in [5, 5.41) is 6.98. The Labute approximate surface area is 146 Å². The molecule has 3 aliphatic rings. The Bertz CT molecular complexity index is 738. The zero-order valence-electron chi connectivity index (χ0n) is 13.2. The predicted octanol–water partition coefficient (Wildman–Crippen LogP) is 3.57. The molecule has 3 fully saturated rings. The van der Waals surface area contributed by atoms with Gasteiger partial charge in [0.15, 0.2) is 0 Å². The summed E-state index contributed by atoms with van der Waals surface area (Å²) in [4.78, 5) is 12.3. The summed E-state index contributed by atoms with van der Waals surface area (Å²) in [6.07, 6.45) is 2.19. The minimum Gasteiger partial charge on any atom is -0.367 e. The van der Waals surface area contributed by atoms with Crippen LogP contribution in [-0.4, -0.2) is 25.1 Å². The maximum absolute atomic E-state index is 12.3. The highest BCUT2D eigenvalue weighted by atomic mass is 35.5. The highest BCUT2D eigenvalue weighted by Crippen LogP contribution is 2.38. The number of ether oxygens (including phenoxy) is 1. The molecule has 2 N–H and O–H groups in total. The van der Waals surface area contributed by atoms with Crippen LogP contribution in [0.25, 0.3) is 0 Å². The molecule has 0 aromatic heterocycles. The summed E-state index contributed by atoms with van der Waals surface area (Å²) in [5.74, 6) is -0.167. The van der Waals surface area contributed by atoms with E-state index < -0.39 is 0 Å². The molecule has 0 aliphatic carbocycles. The Morgan fingerprint density at radius 1 is 1.25 bits per heavy atom. The second-order valence-electron chi connectivity index (χ2n) is 6.46. The number of hydrogen-bond acceptors (Lipinski definition) is 3. The standard InChI is InChI=1S/C19H19ClN2O2/c20-15-3-1-2-13(10-15)18(23)22-16-6-4-14(5-7-16)19-9-8-17(11-24-19)21-12-19/h1-7,10,17,21H,8-9,11-12H2,(H,22,23)/t17-,19-/m0/s1. The van der Waals surface area contributed by atoms with Crippen LogP contribution in [0.2, 0.25) is 5.02 Å². The fourth-order valence-corrected chi connectivity index (χ4v) is 3.64. The van der Waals surface area contributed by atoms with Gasteiger partial charge in [0, 0.05) is 28.9 Å². The van der Waals surface area contributed by atoms with Crippen LogP contribution in [0, 0.1) is 0 Å². The number of carbonyl (C=O) groups excluding carboxylic acids is 1. The van der Waals surface area contributed by atoms with E-state index in [2.05, 4.69) is 10.6 Å². The molecular weight excluding hydrogens is 324 g/mol. The summed E-state index contributed by atoms with van der Waals surface area (Å²) >= 11 is 5.93. The average Bonchev–Trinajstić information content (AvgIpc) is 2.64. The molecule has 4 nitrogen and oxygen atoms in total. The zero-order chi connectivity index (χ0) is 16.6. The van der Waals surface area contributed by atoms with Gasteiger partial charge < -0.3 is 15.4 Å². The predicted molar refractivity (Wildman–Crippen MR) is 94.5 cm³/mol. The summed E-state index contributed by atoms with van der Waals surface area (Å²) in [6.45, 7) is 1.62. The first-order valence-electron chi connectivity index (χ1n) is 8.19. The fourth-order valence-electron chi connectivity index (χ4n) is 3.45. The number of piperidine rings is 1. The lowest BCUT2D eigenvalue weighted by atomic mass is 9.81. The minimum atomic E-state index is -0.218. The molecule has 5 rings (SSSR count). The topological polar surface area (TPSA) is 50.4 Å². The Balaban J connectivity index is 1.49. The van der Waals surface area contributed by atoms with Gasteiger partial charge in [-0.15, -0.1) is 0 Å². The van der Waals surface area contributed by atoms with Crippen molar-refractivity contribution in [2.24, 2.45) is 0 Å². The summed E-state index contributed by atoms with van der Waals surface area (Å²) in [6, 6.07) is 15.4. The molecule has 3 heterocycles. The molecule has 5 heteroatoms. The van der Waals surface area contributed by atoms with Gasteiger partial charge >= 0.3 is 0 Å². The Hall–Kier alpha value is -1.88. The molecule has 1 amide bonds. The van der Waals surface area contributed by atoms with Crippen molar-refractivity contribution in [3.63, 3.8) is 0 Å². The van der Waals surface area contributed by atoms with Crippen LogP contribution >= 0.6 is 11.6 Å². The van der Waals surface area contributed by atoms with Crippen molar-refractivity contribution >= 4 is 23.2 Å². The van der Waals surface area contributed by atoms with Gasteiger partial charge in [-0.3, -0.25) is 4.79 Å². The monoisotopic (exact) mass is 342 g/mol. The van der Waals surface area contributed by atoms with Gasteiger partial charge in [0.05, 0.1) is 6.61 Å². The fraction of sp³-hybridized carbons (Fsp3) is 0.316. The van der Waals surface area contributed by atoms with Crippen molar-refractivity contribution in [3.8, 4) is 0 Å². The minimum absolute atomic E-state index is 0.167. The maximum atomic E-state index is 12.3. The molecule has 0 spiro atoms. The molecule has 0 radical (unpaired) electrons. The van der Waals surface area contributed by atoms with E-state index in [0.29, 0.717) is 16.6 Å². The Morgan fingerprint density at radius 2 is 2.08 bits per heavy atom. The van der Waals surface area contributed by atoms with E-state index in [1.54, 1.807) is 24.3 Å². The van der Waals surface area contributed by atoms with E-state index in [-0.39, 0.29) is 11.5 Å². The zero-order valence-corrected chi connectivity index (χ0v) is 14.0. The first-order chi connectivity index (χ1) is 11.6. The lowest BCUT2D eigenvalue weighted by molar-refractivity contribution is -0.129. The molecule has 0 unspecified atom stereocenters. The lowest BCUT2D eigenvalue weighted by Crippen LogP contribution is -2.57. The van der Waals surface area contributed by atoms with Crippen LogP contribution in [0.4, 0.5) is 5.69 Å². The molecule has 24 heavy (non-hydrogen) atoms. The normalized spacial score (nSPS) is 25.5. The second kappa shape index (κ2) is 6.20. The van der Waals surface area contributed by atoms with E-state index in [1.165, 1.54) is 0 Å². The molecule has 2 bridgehead atoms. The Kier molecular flexibility index (Phi) is 4.04. The number of amides is 1. The number of carbonyl (C=O) groups is 1. The third-order valence-electron chi connectivity index (χ3n) is 4.89.